The average molecular weight is 303 g/mol. The van der Waals surface area contributed by atoms with E-state index in [-0.39, 0.29) is 6.04 Å². The standard InChI is InChI=1S/C15H24Cl2N2/c1-2-3-4-5-6-8-12(19-18)11-13-14(16)9-7-10-15(13)17/h7,9-10,12,19H,2-6,8,11,18H2,1H3. The highest BCUT2D eigenvalue weighted by Crippen LogP contribution is 2.26. The Morgan fingerprint density at radius 1 is 1.11 bits per heavy atom. The molecule has 108 valence electrons. The lowest BCUT2D eigenvalue weighted by Gasteiger charge is -2.17. The summed E-state index contributed by atoms with van der Waals surface area (Å²) in [7, 11) is 0. The molecule has 4 heteroatoms. The molecule has 1 aromatic carbocycles. The van der Waals surface area contributed by atoms with Crippen LogP contribution in [0.15, 0.2) is 18.2 Å². The van der Waals surface area contributed by atoms with E-state index < -0.39 is 0 Å². The summed E-state index contributed by atoms with van der Waals surface area (Å²) in [6, 6.07) is 5.85. The topological polar surface area (TPSA) is 38.0 Å². The number of rotatable bonds is 9. The van der Waals surface area contributed by atoms with Crippen LogP contribution in [0.2, 0.25) is 10.0 Å². The van der Waals surface area contributed by atoms with Crippen LogP contribution in [0.1, 0.15) is 51.0 Å². The van der Waals surface area contributed by atoms with Crippen molar-refractivity contribution in [1.29, 1.82) is 0 Å². The summed E-state index contributed by atoms with van der Waals surface area (Å²) in [5.41, 5.74) is 3.87. The van der Waals surface area contributed by atoms with Crippen molar-refractivity contribution >= 4 is 23.2 Å². The molecule has 1 rings (SSSR count). The molecule has 0 bridgehead atoms. The lowest BCUT2D eigenvalue weighted by molar-refractivity contribution is 0.461. The SMILES string of the molecule is CCCCCCCC(Cc1c(Cl)cccc1Cl)NN. The number of hydrogen-bond donors (Lipinski definition) is 2. The monoisotopic (exact) mass is 302 g/mol. The first-order chi connectivity index (χ1) is 9.19. The quantitative estimate of drug-likeness (QED) is 0.393. The van der Waals surface area contributed by atoms with Gasteiger partial charge in [0.05, 0.1) is 0 Å². The maximum Gasteiger partial charge on any atom is 0.0453 e. The van der Waals surface area contributed by atoms with E-state index in [2.05, 4.69) is 12.3 Å². The fraction of sp³-hybridized carbons (Fsp3) is 0.600. The zero-order valence-electron chi connectivity index (χ0n) is 11.6. The summed E-state index contributed by atoms with van der Waals surface area (Å²) < 4.78 is 0. The van der Waals surface area contributed by atoms with Crippen molar-refractivity contribution in [3.05, 3.63) is 33.8 Å². The van der Waals surface area contributed by atoms with Gasteiger partial charge in [0.2, 0.25) is 0 Å². The molecule has 2 nitrogen and oxygen atoms in total. The molecule has 0 aliphatic rings. The molecular formula is C15H24Cl2N2. The van der Waals surface area contributed by atoms with E-state index in [1.165, 1.54) is 32.1 Å². The van der Waals surface area contributed by atoms with Crippen molar-refractivity contribution in [2.75, 3.05) is 0 Å². The highest BCUT2D eigenvalue weighted by Gasteiger charge is 2.12. The van der Waals surface area contributed by atoms with Crippen LogP contribution in [-0.2, 0) is 6.42 Å². The summed E-state index contributed by atoms with van der Waals surface area (Å²) in [6.07, 6.45) is 8.19. The van der Waals surface area contributed by atoms with E-state index >= 15 is 0 Å². The minimum absolute atomic E-state index is 0.235. The zero-order chi connectivity index (χ0) is 14.1. The van der Waals surface area contributed by atoms with Gasteiger partial charge in [-0.25, -0.2) is 0 Å². The van der Waals surface area contributed by atoms with Crippen molar-refractivity contribution in [3.63, 3.8) is 0 Å². The Balaban J connectivity index is 2.43. The van der Waals surface area contributed by atoms with Crippen LogP contribution in [0, 0.1) is 0 Å². The van der Waals surface area contributed by atoms with Crippen LogP contribution >= 0.6 is 23.2 Å². The van der Waals surface area contributed by atoms with E-state index in [0.29, 0.717) is 0 Å². The number of unbranched alkanes of at least 4 members (excludes halogenated alkanes) is 4. The predicted octanol–water partition coefficient (Wildman–Crippen LogP) is 4.73. The molecule has 0 fully saturated rings. The molecule has 0 aromatic heterocycles. The van der Waals surface area contributed by atoms with Gasteiger partial charge in [-0.1, -0.05) is 68.3 Å². The third kappa shape index (κ3) is 6.13. The molecule has 0 saturated heterocycles. The van der Waals surface area contributed by atoms with Gasteiger partial charge in [0, 0.05) is 16.1 Å². The molecule has 0 heterocycles. The number of nitrogens with one attached hydrogen (secondary N) is 1. The maximum absolute atomic E-state index is 6.18. The molecular weight excluding hydrogens is 279 g/mol. The Labute approximate surface area is 126 Å². The minimum atomic E-state index is 0.235. The Kier molecular flexibility index (Phi) is 8.47. The molecule has 3 N–H and O–H groups in total. The first kappa shape index (κ1) is 16.8. The van der Waals surface area contributed by atoms with Gasteiger partial charge < -0.3 is 0 Å². The fourth-order valence-corrected chi connectivity index (χ4v) is 2.76. The Hall–Kier alpha value is -0.280. The smallest absolute Gasteiger partial charge is 0.0453 e. The third-order valence-corrected chi connectivity index (χ3v) is 4.11. The summed E-state index contributed by atoms with van der Waals surface area (Å²) in [5, 5.41) is 1.44. The summed E-state index contributed by atoms with van der Waals surface area (Å²) in [4.78, 5) is 0. The van der Waals surface area contributed by atoms with Crippen molar-refractivity contribution < 1.29 is 0 Å². The van der Waals surface area contributed by atoms with E-state index in [1.54, 1.807) is 0 Å². The lowest BCUT2D eigenvalue weighted by Crippen LogP contribution is -2.36. The van der Waals surface area contributed by atoms with E-state index in [1.807, 2.05) is 18.2 Å². The molecule has 0 aliphatic carbocycles. The molecule has 0 aliphatic heterocycles. The van der Waals surface area contributed by atoms with E-state index in [4.69, 9.17) is 29.0 Å². The highest BCUT2D eigenvalue weighted by atomic mass is 35.5. The molecule has 1 unspecified atom stereocenters. The lowest BCUT2D eigenvalue weighted by atomic mass is 10.00. The van der Waals surface area contributed by atoms with E-state index in [9.17, 15) is 0 Å². The average Bonchev–Trinajstić information content (AvgIpc) is 2.40. The minimum Gasteiger partial charge on any atom is -0.271 e. The van der Waals surface area contributed by atoms with Crippen molar-refractivity contribution in [3.8, 4) is 0 Å². The number of nitrogens with two attached hydrogens (primary N) is 1. The summed E-state index contributed by atoms with van der Waals surface area (Å²) in [6.45, 7) is 2.23. The van der Waals surface area contributed by atoms with Gasteiger partial charge in [0.15, 0.2) is 0 Å². The van der Waals surface area contributed by atoms with Gasteiger partial charge in [-0.2, -0.15) is 0 Å². The predicted molar refractivity (Wildman–Crippen MR) is 84.7 cm³/mol. The van der Waals surface area contributed by atoms with Gasteiger partial charge in [-0.3, -0.25) is 11.3 Å². The first-order valence-electron chi connectivity index (χ1n) is 7.08. The molecule has 0 amide bonds. The normalized spacial score (nSPS) is 12.6. The summed E-state index contributed by atoms with van der Waals surface area (Å²) >= 11 is 12.4. The van der Waals surface area contributed by atoms with Gasteiger partial charge >= 0.3 is 0 Å². The largest absolute Gasteiger partial charge is 0.271 e. The molecule has 0 saturated carbocycles. The van der Waals surface area contributed by atoms with Crippen molar-refractivity contribution in [1.82, 2.24) is 5.43 Å². The Morgan fingerprint density at radius 2 is 1.74 bits per heavy atom. The first-order valence-corrected chi connectivity index (χ1v) is 7.83. The molecule has 0 spiro atoms. The number of hydrazine groups is 1. The fourth-order valence-electron chi connectivity index (χ4n) is 2.21. The zero-order valence-corrected chi connectivity index (χ0v) is 13.1. The van der Waals surface area contributed by atoms with Gasteiger partial charge in [-0.15, -0.1) is 0 Å². The highest BCUT2D eigenvalue weighted by molar-refractivity contribution is 6.35. The van der Waals surface area contributed by atoms with Gasteiger partial charge in [0.1, 0.15) is 0 Å². The second kappa shape index (κ2) is 9.60. The van der Waals surface area contributed by atoms with Crippen LogP contribution in [0.4, 0.5) is 0 Å². The van der Waals surface area contributed by atoms with E-state index in [0.717, 1.165) is 28.5 Å². The second-order valence-corrected chi connectivity index (χ2v) is 5.79. The van der Waals surface area contributed by atoms with Crippen LogP contribution in [0.3, 0.4) is 0 Å². The van der Waals surface area contributed by atoms with Crippen molar-refractivity contribution in [2.24, 2.45) is 5.84 Å². The molecule has 1 aromatic rings. The maximum atomic E-state index is 6.18. The number of halogens is 2. The van der Waals surface area contributed by atoms with Crippen LogP contribution < -0.4 is 11.3 Å². The van der Waals surface area contributed by atoms with Gasteiger partial charge in [0.25, 0.3) is 0 Å². The van der Waals surface area contributed by atoms with Crippen LogP contribution in [-0.4, -0.2) is 6.04 Å². The van der Waals surface area contributed by atoms with Crippen LogP contribution in [0.25, 0.3) is 0 Å². The molecule has 0 radical (unpaired) electrons. The number of benzene rings is 1. The molecule has 19 heavy (non-hydrogen) atoms. The summed E-state index contributed by atoms with van der Waals surface area (Å²) in [5.74, 6) is 5.63. The Morgan fingerprint density at radius 3 is 2.32 bits per heavy atom. The second-order valence-electron chi connectivity index (χ2n) is 4.97. The third-order valence-electron chi connectivity index (χ3n) is 3.40. The van der Waals surface area contributed by atoms with Gasteiger partial charge in [-0.05, 0) is 30.5 Å². The Bertz CT molecular complexity index is 349. The molecule has 1 atom stereocenters. The van der Waals surface area contributed by atoms with Crippen molar-refractivity contribution in [2.45, 2.75) is 57.9 Å². The number of hydrogen-bond acceptors (Lipinski definition) is 2. The van der Waals surface area contributed by atoms with Crippen LogP contribution in [0.5, 0.6) is 0 Å².